The molecule has 1 unspecified atom stereocenters. The van der Waals surface area contributed by atoms with Gasteiger partial charge in [-0.1, -0.05) is 41.2 Å². The molecule has 3 aromatic rings. The van der Waals surface area contributed by atoms with Gasteiger partial charge in [0.2, 0.25) is 0 Å². The zero-order valence-electron chi connectivity index (χ0n) is 17.6. The second-order valence-electron chi connectivity index (χ2n) is 7.18. The second kappa shape index (κ2) is 8.43. The van der Waals surface area contributed by atoms with Crippen LogP contribution in [0.1, 0.15) is 45.2 Å². The molecule has 1 atom stereocenters. The summed E-state index contributed by atoms with van der Waals surface area (Å²) >= 11 is 0.944. The number of Topliss-reactive ketones (excluding diaryl/α,β-unsaturated/α-hetero) is 1. The predicted octanol–water partition coefficient (Wildman–Crippen LogP) is 4.16. The summed E-state index contributed by atoms with van der Waals surface area (Å²) in [6.07, 6.45) is 1.42. The van der Waals surface area contributed by atoms with Crippen LogP contribution in [-0.4, -0.2) is 34.4 Å². The summed E-state index contributed by atoms with van der Waals surface area (Å²) < 4.78 is 10.6. The number of furan rings is 1. The highest BCUT2D eigenvalue weighted by Gasteiger charge is 2.49. The van der Waals surface area contributed by atoms with E-state index in [2.05, 4.69) is 4.98 Å². The Kier molecular flexibility index (Phi) is 5.67. The third-order valence-corrected chi connectivity index (χ3v) is 6.17. The summed E-state index contributed by atoms with van der Waals surface area (Å²) in [5.41, 5.74) is 1.64. The summed E-state index contributed by atoms with van der Waals surface area (Å²) in [7, 11) is 0. The fourth-order valence-electron chi connectivity index (χ4n) is 3.48. The lowest BCUT2D eigenvalue weighted by Crippen LogP contribution is -2.29. The van der Waals surface area contributed by atoms with E-state index in [-0.39, 0.29) is 33.7 Å². The number of aliphatic hydroxyl groups is 1. The summed E-state index contributed by atoms with van der Waals surface area (Å²) in [6, 6.07) is 9.13. The van der Waals surface area contributed by atoms with E-state index in [1.54, 1.807) is 50.2 Å². The molecule has 32 heavy (non-hydrogen) atoms. The molecule has 1 saturated heterocycles. The lowest BCUT2D eigenvalue weighted by atomic mass is 9.99. The molecule has 1 amide bonds. The summed E-state index contributed by atoms with van der Waals surface area (Å²) in [4.78, 5) is 44.1. The Morgan fingerprint density at radius 2 is 1.94 bits per heavy atom. The number of aliphatic hydroxyl groups excluding tert-OH is 1. The van der Waals surface area contributed by atoms with Gasteiger partial charge in [-0.2, -0.15) is 0 Å². The molecule has 1 aliphatic heterocycles. The van der Waals surface area contributed by atoms with Crippen molar-refractivity contribution in [2.24, 2.45) is 0 Å². The second-order valence-corrected chi connectivity index (χ2v) is 8.16. The fourth-order valence-corrected chi connectivity index (χ4v) is 4.47. The SMILES string of the molecule is CCOC(=O)c1sc(N2C(=O)C(=O)C(=C(O)c3ccc(C)cc3)C2c2ccco2)nc1C. The van der Waals surface area contributed by atoms with Crippen molar-refractivity contribution in [1.29, 1.82) is 0 Å². The molecule has 1 N–H and O–H groups in total. The number of carbonyl (C=O) groups excluding carboxylic acids is 3. The van der Waals surface area contributed by atoms with E-state index >= 15 is 0 Å². The molecule has 4 rings (SSSR count). The quantitative estimate of drug-likeness (QED) is 0.268. The predicted molar refractivity (Wildman–Crippen MR) is 117 cm³/mol. The van der Waals surface area contributed by atoms with Crippen LogP contribution in [0.2, 0.25) is 0 Å². The van der Waals surface area contributed by atoms with Gasteiger partial charge in [-0.3, -0.25) is 14.5 Å². The van der Waals surface area contributed by atoms with Crippen molar-refractivity contribution < 1.29 is 28.6 Å². The Morgan fingerprint density at radius 1 is 1.22 bits per heavy atom. The molecule has 1 aliphatic rings. The third kappa shape index (κ3) is 3.60. The van der Waals surface area contributed by atoms with Crippen molar-refractivity contribution >= 4 is 39.9 Å². The first-order valence-electron chi connectivity index (χ1n) is 9.89. The molecule has 0 spiro atoms. The maximum Gasteiger partial charge on any atom is 0.350 e. The number of hydrogen-bond acceptors (Lipinski definition) is 8. The highest BCUT2D eigenvalue weighted by Crippen LogP contribution is 2.44. The number of benzene rings is 1. The number of thiazole rings is 1. The lowest BCUT2D eigenvalue weighted by Gasteiger charge is -2.20. The molecule has 3 heterocycles. The Morgan fingerprint density at radius 3 is 2.56 bits per heavy atom. The monoisotopic (exact) mass is 452 g/mol. The smallest absolute Gasteiger partial charge is 0.350 e. The van der Waals surface area contributed by atoms with E-state index in [1.807, 2.05) is 6.92 Å². The molecule has 0 radical (unpaired) electrons. The molecule has 1 aromatic carbocycles. The van der Waals surface area contributed by atoms with E-state index in [9.17, 15) is 19.5 Å². The minimum Gasteiger partial charge on any atom is -0.507 e. The normalized spacial score (nSPS) is 17.7. The van der Waals surface area contributed by atoms with Crippen LogP contribution in [-0.2, 0) is 14.3 Å². The number of nitrogens with zero attached hydrogens (tertiary/aromatic N) is 2. The van der Waals surface area contributed by atoms with Gasteiger partial charge < -0.3 is 14.3 Å². The fraction of sp³-hybridized carbons (Fsp3) is 0.217. The molecule has 8 nitrogen and oxygen atoms in total. The van der Waals surface area contributed by atoms with Gasteiger partial charge in [0.05, 0.1) is 24.1 Å². The zero-order valence-corrected chi connectivity index (χ0v) is 18.4. The van der Waals surface area contributed by atoms with Gasteiger partial charge in [-0.25, -0.2) is 9.78 Å². The average Bonchev–Trinajstić information content (AvgIpc) is 3.48. The first-order chi connectivity index (χ1) is 15.3. The Bertz CT molecular complexity index is 1220. The topological polar surface area (TPSA) is 110 Å². The standard InChI is InChI=1S/C23H20N2O6S/c1-4-30-22(29)20-13(3)24-23(32-20)25-17(15-6-5-11-31-15)16(19(27)21(25)28)18(26)14-9-7-12(2)8-10-14/h5-11,17,26H,4H2,1-3H3. The van der Waals surface area contributed by atoms with Crippen LogP contribution in [0.15, 0.2) is 52.7 Å². The molecule has 9 heteroatoms. The van der Waals surface area contributed by atoms with Gasteiger partial charge in [-0.15, -0.1) is 0 Å². The van der Waals surface area contributed by atoms with Crippen LogP contribution < -0.4 is 4.90 Å². The summed E-state index contributed by atoms with van der Waals surface area (Å²) in [5.74, 6) is -2.33. The number of ether oxygens (including phenoxy) is 1. The minimum absolute atomic E-state index is 0.112. The zero-order chi connectivity index (χ0) is 23.0. The van der Waals surface area contributed by atoms with Gasteiger partial charge in [0.1, 0.15) is 22.4 Å². The number of ketones is 1. The molecule has 164 valence electrons. The molecule has 1 fully saturated rings. The van der Waals surface area contributed by atoms with Crippen molar-refractivity contribution in [2.75, 3.05) is 11.5 Å². The third-order valence-electron chi connectivity index (χ3n) is 5.03. The van der Waals surface area contributed by atoms with Crippen molar-refractivity contribution in [3.63, 3.8) is 0 Å². The Hall–Kier alpha value is -3.72. The molecule has 0 saturated carbocycles. The Balaban J connectivity index is 1.87. The Labute approximate surface area is 187 Å². The molecule has 2 aromatic heterocycles. The van der Waals surface area contributed by atoms with Gasteiger partial charge in [-0.05, 0) is 32.9 Å². The van der Waals surface area contributed by atoms with Crippen molar-refractivity contribution in [2.45, 2.75) is 26.8 Å². The van der Waals surface area contributed by atoms with Crippen molar-refractivity contribution in [1.82, 2.24) is 4.98 Å². The van der Waals surface area contributed by atoms with E-state index in [4.69, 9.17) is 9.15 Å². The molecular formula is C23H20N2O6S. The largest absolute Gasteiger partial charge is 0.507 e. The number of rotatable bonds is 5. The number of esters is 1. The van der Waals surface area contributed by atoms with E-state index in [1.165, 1.54) is 6.26 Å². The van der Waals surface area contributed by atoms with E-state index in [0.717, 1.165) is 21.8 Å². The van der Waals surface area contributed by atoms with Gasteiger partial charge >= 0.3 is 11.9 Å². The average molecular weight is 452 g/mol. The number of aromatic nitrogens is 1. The van der Waals surface area contributed by atoms with E-state index < -0.39 is 23.7 Å². The van der Waals surface area contributed by atoms with E-state index in [0.29, 0.717) is 11.3 Å². The first kappa shape index (κ1) is 21.5. The van der Waals surface area contributed by atoms with Crippen molar-refractivity contribution in [3.05, 3.63) is 75.7 Å². The first-order valence-corrected chi connectivity index (χ1v) is 10.7. The number of amides is 1. The maximum absolute atomic E-state index is 13.1. The van der Waals surface area contributed by atoms with Gasteiger partial charge in [0.25, 0.3) is 5.78 Å². The summed E-state index contributed by atoms with van der Waals surface area (Å²) in [5, 5.41) is 11.1. The van der Waals surface area contributed by atoms with Gasteiger partial charge in [0.15, 0.2) is 5.13 Å². The molecule has 0 aliphatic carbocycles. The minimum atomic E-state index is -1.04. The van der Waals surface area contributed by atoms with Crippen LogP contribution in [0.5, 0.6) is 0 Å². The maximum atomic E-state index is 13.1. The van der Waals surface area contributed by atoms with Crippen LogP contribution in [0, 0.1) is 13.8 Å². The molecular weight excluding hydrogens is 432 g/mol. The highest BCUT2D eigenvalue weighted by molar-refractivity contribution is 7.17. The van der Waals surface area contributed by atoms with Crippen LogP contribution in [0.3, 0.4) is 0 Å². The van der Waals surface area contributed by atoms with Crippen LogP contribution >= 0.6 is 11.3 Å². The van der Waals surface area contributed by atoms with Crippen LogP contribution in [0.25, 0.3) is 5.76 Å². The number of hydrogen-bond donors (Lipinski definition) is 1. The highest BCUT2D eigenvalue weighted by atomic mass is 32.1. The number of aryl methyl sites for hydroxylation is 2. The van der Waals surface area contributed by atoms with Crippen LogP contribution in [0.4, 0.5) is 5.13 Å². The number of carbonyl (C=O) groups is 3. The number of anilines is 1. The summed E-state index contributed by atoms with van der Waals surface area (Å²) in [6.45, 7) is 5.41. The lowest BCUT2D eigenvalue weighted by molar-refractivity contribution is -0.132. The van der Waals surface area contributed by atoms with Crippen molar-refractivity contribution in [3.8, 4) is 0 Å². The van der Waals surface area contributed by atoms with Gasteiger partial charge in [0, 0.05) is 5.56 Å². The molecule has 0 bridgehead atoms.